The molecule has 0 unspecified atom stereocenters. The third kappa shape index (κ3) is 4.71. The lowest BCUT2D eigenvalue weighted by molar-refractivity contribution is -0.153. The maximum atomic E-state index is 14.2. The van der Waals surface area contributed by atoms with Crippen LogP contribution >= 0.6 is 0 Å². The summed E-state index contributed by atoms with van der Waals surface area (Å²) in [6.45, 7) is 8.77. The molecule has 4 aliphatic rings. The molecule has 4 atom stereocenters. The van der Waals surface area contributed by atoms with Crippen LogP contribution in [0.15, 0.2) is 41.7 Å². The number of benzene rings is 1. The number of Topliss-reactive ketones (excluding diaryl/α,β-unsaturated/α-hetero) is 2. The van der Waals surface area contributed by atoms with Gasteiger partial charge in [0.15, 0.2) is 11.4 Å². The molecule has 1 saturated heterocycles. The van der Waals surface area contributed by atoms with Crippen LogP contribution in [-0.2, 0) is 32.1 Å². The molecule has 5 rings (SSSR count). The number of phenols is 1. The van der Waals surface area contributed by atoms with Gasteiger partial charge in [-0.05, 0) is 62.0 Å². The molecular formula is C32H39N3O8. The van der Waals surface area contributed by atoms with E-state index in [0.717, 1.165) is 11.1 Å². The number of fused-ring (bicyclic) bond motifs is 3. The number of allylic oxidation sites excluding steroid dienone is 3. The summed E-state index contributed by atoms with van der Waals surface area (Å²) in [5, 5.41) is 46.3. The fraction of sp³-hybridized carbons (Fsp3) is 0.469. The molecule has 11 heteroatoms. The van der Waals surface area contributed by atoms with Crippen molar-refractivity contribution in [1.82, 2.24) is 9.80 Å². The molecule has 1 aromatic carbocycles. The van der Waals surface area contributed by atoms with Gasteiger partial charge >= 0.3 is 0 Å². The molecule has 2 fully saturated rings. The Morgan fingerprint density at radius 3 is 2.49 bits per heavy atom. The fourth-order valence-electron chi connectivity index (χ4n) is 7.27. The van der Waals surface area contributed by atoms with Crippen LogP contribution in [0.4, 0.5) is 0 Å². The van der Waals surface area contributed by atoms with Crippen molar-refractivity contribution >= 4 is 28.8 Å². The van der Waals surface area contributed by atoms with E-state index >= 15 is 0 Å². The second kappa shape index (κ2) is 11.4. The third-order valence-corrected chi connectivity index (χ3v) is 9.25. The zero-order chi connectivity index (χ0) is 31.4. The average molecular weight is 594 g/mol. The van der Waals surface area contributed by atoms with Gasteiger partial charge in [0.2, 0.25) is 5.78 Å². The lowest BCUT2D eigenvalue weighted by Gasteiger charge is -2.50. The second-order valence-electron chi connectivity index (χ2n) is 11.9. The van der Waals surface area contributed by atoms with E-state index in [4.69, 9.17) is 10.5 Å². The second-order valence-corrected chi connectivity index (χ2v) is 11.9. The van der Waals surface area contributed by atoms with Gasteiger partial charge in [-0.3, -0.25) is 24.2 Å². The summed E-state index contributed by atoms with van der Waals surface area (Å²) >= 11 is 0. The van der Waals surface area contributed by atoms with Crippen LogP contribution in [-0.4, -0.2) is 99.7 Å². The Balaban J connectivity index is 1.74. The first-order valence-corrected chi connectivity index (χ1v) is 14.5. The highest BCUT2D eigenvalue weighted by atomic mass is 16.5. The van der Waals surface area contributed by atoms with Crippen molar-refractivity contribution in [2.75, 3.05) is 40.4 Å². The highest BCUT2D eigenvalue weighted by molar-refractivity contribution is 6.24. The smallest absolute Gasteiger partial charge is 0.255 e. The van der Waals surface area contributed by atoms with Gasteiger partial charge in [0.1, 0.15) is 22.8 Å². The van der Waals surface area contributed by atoms with E-state index in [-0.39, 0.29) is 29.7 Å². The van der Waals surface area contributed by atoms with E-state index < -0.39 is 58.0 Å². The van der Waals surface area contributed by atoms with Gasteiger partial charge in [0, 0.05) is 36.7 Å². The van der Waals surface area contributed by atoms with E-state index in [1.54, 1.807) is 20.2 Å². The highest BCUT2D eigenvalue weighted by Crippen LogP contribution is 2.54. The number of likely N-dealkylation sites (N-methyl/N-ethyl adjacent to an activating group) is 1. The first-order valence-electron chi connectivity index (χ1n) is 14.5. The number of carbonyl (C=O) groups is 3. The Morgan fingerprint density at radius 1 is 1.23 bits per heavy atom. The van der Waals surface area contributed by atoms with Gasteiger partial charge in [-0.15, -0.1) is 0 Å². The molecule has 6 N–H and O–H groups in total. The SMILES string of the molecule is C=C/C(=C\CC)c1cc(CN2CCOCC2)c(O)c2c1C[C@H]1C[C@H]3[C@H](N(C)C)C(=O)C(C(N)=O)=C(O)[C@@]3(O)C(=O)C1=C2O. The minimum Gasteiger partial charge on any atom is -0.508 e. The standard InChI is InChI=1S/C32H39N3O8/c1-5-7-16(6-2)19-13-18(15-35-8-10-43-11-9-35)26(36)23-20(19)12-17-14-21-25(34(3)4)28(38)24(31(33)41)30(40)32(21,42)29(39)22(17)27(23)37/h6-7,13,17,21,25,36-37,40,42H,2,5,8-12,14-15H2,1,3-4H3,(H2,33,41)/b16-7+/t17-,21-,25-,32-/m0/s1. The molecule has 1 saturated carbocycles. The van der Waals surface area contributed by atoms with Crippen molar-refractivity contribution in [3.63, 3.8) is 0 Å². The molecule has 1 aliphatic heterocycles. The van der Waals surface area contributed by atoms with Gasteiger partial charge in [-0.2, -0.15) is 0 Å². The Labute approximate surface area is 250 Å². The number of ketones is 2. The number of hydrogen-bond acceptors (Lipinski definition) is 10. The third-order valence-electron chi connectivity index (χ3n) is 9.25. The number of aliphatic hydroxyl groups is 3. The Bertz CT molecular complexity index is 1500. The van der Waals surface area contributed by atoms with Crippen molar-refractivity contribution < 1.29 is 39.5 Å². The molecular weight excluding hydrogens is 554 g/mol. The van der Waals surface area contributed by atoms with E-state index in [0.29, 0.717) is 50.4 Å². The fourth-order valence-corrected chi connectivity index (χ4v) is 7.27. The summed E-state index contributed by atoms with van der Waals surface area (Å²) in [5.41, 5.74) is 4.55. The van der Waals surface area contributed by atoms with E-state index in [1.807, 2.05) is 19.1 Å². The molecule has 1 amide bonds. The number of ether oxygens (including phenoxy) is 1. The van der Waals surface area contributed by atoms with Gasteiger partial charge < -0.3 is 30.9 Å². The zero-order valence-corrected chi connectivity index (χ0v) is 24.7. The molecule has 0 spiro atoms. The largest absolute Gasteiger partial charge is 0.508 e. The molecule has 43 heavy (non-hydrogen) atoms. The van der Waals surface area contributed by atoms with Gasteiger partial charge in [-0.25, -0.2) is 0 Å². The van der Waals surface area contributed by atoms with Crippen molar-refractivity contribution in [3.8, 4) is 5.75 Å². The van der Waals surface area contributed by atoms with Crippen molar-refractivity contribution in [3.05, 3.63) is 64.0 Å². The maximum Gasteiger partial charge on any atom is 0.255 e. The van der Waals surface area contributed by atoms with Gasteiger partial charge in [0.25, 0.3) is 5.91 Å². The number of amides is 1. The number of rotatable bonds is 7. The predicted molar refractivity (Wildman–Crippen MR) is 159 cm³/mol. The van der Waals surface area contributed by atoms with Crippen LogP contribution in [0.2, 0.25) is 0 Å². The molecule has 0 aromatic heterocycles. The Morgan fingerprint density at radius 2 is 1.91 bits per heavy atom. The highest BCUT2D eigenvalue weighted by Gasteiger charge is 2.64. The minimum absolute atomic E-state index is 0.0302. The number of carbonyl (C=O) groups excluding carboxylic acids is 3. The molecule has 3 aliphatic carbocycles. The Kier molecular flexibility index (Phi) is 8.12. The number of nitrogens with zero attached hydrogens (tertiary/aromatic N) is 2. The Hall–Kier alpha value is -3.77. The molecule has 0 bridgehead atoms. The summed E-state index contributed by atoms with van der Waals surface area (Å²) in [6, 6.07) is 0.761. The topological polar surface area (TPSA) is 174 Å². The summed E-state index contributed by atoms with van der Waals surface area (Å²) in [5.74, 6) is -6.64. The summed E-state index contributed by atoms with van der Waals surface area (Å²) in [7, 11) is 3.15. The normalized spacial score (nSPS) is 28.1. The minimum atomic E-state index is -2.68. The quantitative estimate of drug-likeness (QED) is 0.232. The number of hydrogen-bond donors (Lipinski definition) is 5. The maximum absolute atomic E-state index is 14.2. The predicted octanol–water partition coefficient (Wildman–Crippen LogP) is 1.78. The monoisotopic (exact) mass is 593 g/mol. The van der Waals surface area contributed by atoms with Crippen molar-refractivity contribution in [2.24, 2.45) is 17.6 Å². The number of phenolic OH excluding ortho intramolecular Hbond substituents is 1. The van der Waals surface area contributed by atoms with Crippen LogP contribution in [0, 0.1) is 11.8 Å². The molecule has 0 radical (unpaired) electrons. The molecule has 1 aromatic rings. The summed E-state index contributed by atoms with van der Waals surface area (Å²) in [6.07, 6.45) is 4.66. The van der Waals surface area contributed by atoms with Crippen molar-refractivity contribution in [1.29, 1.82) is 0 Å². The van der Waals surface area contributed by atoms with Crippen LogP contribution in [0.1, 0.15) is 42.0 Å². The molecule has 1 heterocycles. The number of primary amides is 1. The van der Waals surface area contributed by atoms with E-state index in [2.05, 4.69) is 11.5 Å². The lowest BCUT2D eigenvalue weighted by atomic mass is 9.57. The van der Waals surface area contributed by atoms with Crippen LogP contribution < -0.4 is 5.73 Å². The van der Waals surface area contributed by atoms with Gasteiger partial charge in [0.05, 0.1) is 24.8 Å². The van der Waals surface area contributed by atoms with Crippen LogP contribution in [0.25, 0.3) is 11.3 Å². The number of morpholine rings is 1. The van der Waals surface area contributed by atoms with E-state index in [1.165, 1.54) is 4.90 Å². The first-order chi connectivity index (χ1) is 20.4. The zero-order valence-electron chi connectivity index (χ0n) is 24.7. The van der Waals surface area contributed by atoms with Crippen LogP contribution in [0.5, 0.6) is 5.75 Å². The average Bonchev–Trinajstić information content (AvgIpc) is 2.95. The van der Waals surface area contributed by atoms with Crippen molar-refractivity contribution in [2.45, 2.75) is 44.4 Å². The lowest BCUT2D eigenvalue weighted by Crippen LogP contribution is -2.65. The number of aromatic hydroxyl groups is 1. The van der Waals surface area contributed by atoms with Gasteiger partial charge in [-0.1, -0.05) is 25.7 Å². The summed E-state index contributed by atoms with van der Waals surface area (Å²) in [4.78, 5) is 43.4. The number of nitrogens with two attached hydrogens (primary N) is 1. The van der Waals surface area contributed by atoms with E-state index in [9.17, 15) is 34.8 Å². The van der Waals surface area contributed by atoms with Crippen LogP contribution in [0.3, 0.4) is 0 Å². The molecule has 11 nitrogen and oxygen atoms in total. The first kappa shape index (κ1) is 30.7. The molecule has 230 valence electrons. The number of aliphatic hydroxyl groups excluding tert-OH is 2. The summed E-state index contributed by atoms with van der Waals surface area (Å²) < 4.78 is 5.46.